The second-order valence-electron chi connectivity index (χ2n) is 5.08. The first-order valence-corrected chi connectivity index (χ1v) is 7.50. The van der Waals surface area contributed by atoms with E-state index < -0.39 is 0 Å². The minimum absolute atomic E-state index is 0.412. The van der Waals surface area contributed by atoms with Crippen molar-refractivity contribution >= 4 is 23.0 Å². The average Bonchev–Trinajstić information content (AvgIpc) is 3.21. The maximum Gasteiger partial charge on any atom is 0.159 e. The zero-order valence-corrected chi connectivity index (χ0v) is 12.5. The monoisotopic (exact) mass is 278 g/mol. The fourth-order valence-electron chi connectivity index (χ4n) is 2.36. The molecule has 1 aliphatic carbocycles. The van der Waals surface area contributed by atoms with E-state index in [1.165, 1.54) is 19.3 Å². The van der Waals surface area contributed by atoms with Crippen molar-refractivity contribution in [3.8, 4) is 0 Å². The second kappa shape index (κ2) is 6.28. The van der Waals surface area contributed by atoms with Crippen molar-refractivity contribution in [2.45, 2.75) is 46.0 Å². The Morgan fingerprint density at radius 1 is 1.32 bits per heavy atom. The van der Waals surface area contributed by atoms with Crippen LogP contribution in [0.1, 0.15) is 49.9 Å². The van der Waals surface area contributed by atoms with Gasteiger partial charge in [0.05, 0.1) is 11.3 Å². The van der Waals surface area contributed by atoms with Crippen LogP contribution in [-0.2, 0) is 12.8 Å². The van der Waals surface area contributed by atoms with E-state index in [9.17, 15) is 0 Å². The molecule has 0 radical (unpaired) electrons. The van der Waals surface area contributed by atoms with E-state index in [-0.39, 0.29) is 0 Å². The predicted octanol–water partition coefficient (Wildman–Crippen LogP) is 2.45. The van der Waals surface area contributed by atoms with Crippen molar-refractivity contribution in [2.75, 3.05) is 11.9 Å². The first kappa shape index (κ1) is 14.2. The van der Waals surface area contributed by atoms with Gasteiger partial charge in [0.15, 0.2) is 5.82 Å². The van der Waals surface area contributed by atoms with Gasteiger partial charge in [-0.3, -0.25) is 0 Å². The van der Waals surface area contributed by atoms with Gasteiger partial charge in [-0.1, -0.05) is 38.9 Å². The lowest BCUT2D eigenvalue weighted by atomic mass is 10.0. The number of rotatable bonds is 7. The van der Waals surface area contributed by atoms with Crippen LogP contribution in [0, 0.1) is 5.92 Å². The molecule has 3 N–H and O–H groups in total. The molecule has 0 amide bonds. The quantitative estimate of drug-likeness (QED) is 0.750. The number of nitrogens with zero attached hydrogens (tertiary/aromatic N) is 2. The first-order valence-electron chi connectivity index (χ1n) is 7.09. The zero-order valence-electron chi connectivity index (χ0n) is 11.7. The Hall–Kier alpha value is -1.23. The summed E-state index contributed by atoms with van der Waals surface area (Å²) in [7, 11) is 0. The third-order valence-corrected chi connectivity index (χ3v) is 3.84. The Morgan fingerprint density at radius 2 is 2.05 bits per heavy atom. The normalized spacial score (nSPS) is 14.4. The Kier molecular flexibility index (Phi) is 4.69. The second-order valence-corrected chi connectivity index (χ2v) is 5.52. The summed E-state index contributed by atoms with van der Waals surface area (Å²) in [5.41, 5.74) is 8.91. The molecular formula is C14H22N4S. The summed E-state index contributed by atoms with van der Waals surface area (Å²) >= 11 is 5.20. The zero-order chi connectivity index (χ0) is 13.8. The van der Waals surface area contributed by atoms with Crippen molar-refractivity contribution in [2.24, 2.45) is 11.7 Å². The molecule has 19 heavy (non-hydrogen) atoms. The molecule has 1 aromatic rings. The van der Waals surface area contributed by atoms with E-state index in [0.29, 0.717) is 4.99 Å². The van der Waals surface area contributed by atoms with E-state index in [1.807, 2.05) is 0 Å². The maximum absolute atomic E-state index is 5.88. The molecule has 1 aromatic heterocycles. The summed E-state index contributed by atoms with van der Waals surface area (Å²) in [4.78, 5) is 0.412. The van der Waals surface area contributed by atoms with Crippen LogP contribution in [0.4, 0.5) is 5.82 Å². The summed E-state index contributed by atoms with van der Waals surface area (Å²) in [5, 5.41) is 11.9. The molecule has 0 atom stereocenters. The lowest BCUT2D eigenvalue weighted by Gasteiger charge is -2.15. The average molecular weight is 278 g/mol. The smallest absolute Gasteiger partial charge is 0.159 e. The Balaban J connectivity index is 2.22. The summed E-state index contributed by atoms with van der Waals surface area (Å²) in [5.74, 6) is 1.65. The van der Waals surface area contributed by atoms with E-state index >= 15 is 0 Å². The van der Waals surface area contributed by atoms with Gasteiger partial charge in [0.2, 0.25) is 0 Å². The van der Waals surface area contributed by atoms with Gasteiger partial charge in [0.25, 0.3) is 0 Å². The number of hydrogen-bond donors (Lipinski definition) is 2. The summed E-state index contributed by atoms with van der Waals surface area (Å²) in [6.07, 6.45) is 5.65. The highest BCUT2D eigenvalue weighted by molar-refractivity contribution is 7.80. The van der Waals surface area contributed by atoms with Crippen molar-refractivity contribution in [1.82, 2.24) is 10.2 Å². The van der Waals surface area contributed by atoms with Gasteiger partial charge in [-0.15, -0.1) is 5.10 Å². The van der Waals surface area contributed by atoms with E-state index in [1.54, 1.807) is 0 Å². The molecule has 2 rings (SSSR count). The van der Waals surface area contributed by atoms with E-state index in [4.69, 9.17) is 18.0 Å². The number of nitrogens with one attached hydrogen (secondary N) is 1. The molecule has 4 nitrogen and oxygen atoms in total. The van der Waals surface area contributed by atoms with Gasteiger partial charge in [-0.25, -0.2) is 0 Å². The number of aryl methyl sites for hydroxylation is 1. The molecule has 0 spiro atoms. The van der Waals surface area contributed by atoms with E-state index in [0.717, 1.165) is 47.9 Å². The van der Waals surface area contributed by atoms with E-state index in [2.05, 4.69) is 29.4 Å². The van der Waals surface area contributed by atoms with Crippen LogP contribution in [-0.4, -0.2) is 21.7 Å². The van der Waals surface area contributed by atoms with Crippen LogP contribution in [0.15, 0.2) is 0 Å². The highest BCUT2D eigenvalue weighted by atomic mass is 32.1. The minimum atomic E-state index is 0.412. The highest BCUT2D eigenvalue weighted by Crippen LogP contribution is 2.32. The molecule has 0 aromatic carbocycles. The van der Waals surface area contributed by atoms with Crippen LogP contribution < -0.4 is 11.1 Å². The number of thiocarbonyl (C=S) groups is 1. The summed E-state index contributed by atoms with van der Waals surface area (Å²) in [6, 6.07) is 0. The Morgan fingerprint density at radius 3 is 2.58 bits per heavy atom. The third-order valence-electron chi connectivity index (χ3n) is 3.63. The third kappa shape index (κ3) is 3.41. The maximum atomic E-state index is 5.88. The number of hydrogen-bond acceptors (Lipinski definition) is 4. The van der Waals surface area contributed by atoms with Crippen molar-refractivity contribution in [3.63, 3.8) is 0 Å². The van der Waals surface area contributed by atoms with Gasteiger partial charge in [-0.2, -0.15) is 5.10 Å². The van der Waals surface area contributed by atoms with Gasteiger partial charge >= 0.3 is 0 Å². The van der Waals surface area contributed by atoms with Gasteiger partial charge in [0.1, 0.15) is 4.99 Å². The van der Waals surface area contributed by atoms with Crippen LogP contribution >= 0.6 is 12.2 Å². The highest BCUT2D eigenvalue weighted by Gasteiger charge is 2.21. The molecule has 0 saturated heterocycles. The van der Waals surface area contributed by atoms with Crippen molar-refractivity contribution < 1.29 is 0 Å². The Bertz CT molecular complexity index is 469. The molecule has 5 heteroatoms. The molecule has 1 saturated carbocycles. The first-order chi connectivity index (χ1) is 9.17. The fraction of sp³-hybridized carbons (Fsp3) is 0.643. The lowest BCUT2D eigenvalue weighted by molar-refractivity contribution is 0.754. The largest absolute Gasteiger partial charge is 0.389 e. The molecule has 1 heterocycles. The molecular weight excluding hydrogens is 256 g/mol. The molecule has 0 aliphatic heterocycles. The molecule has 104 valence electrons. The van der Waals surface area contributed by atoms with Gasteiger partial charge in [-0.05, 0) is 30.7 Å². The fourth-order valence-corrected chi connectivity index (χ4v) is 2.58. The van der Waals surface area contributed by atoms with Gasteiger partial charge in [0, 0.05) is 6.54 Å². The standard InChI is InChI=1S/C14H22N4S/c1-3-10-11(4-2)17-18-14(12(10)13(15)19)16-8-7-9-5-6-9/h9H,3-8H2,1-2H3,(H2,15,19)(H,16,18). The number of anilines is 1. The number of aromatic nitrogens is 2. The van der Waals surface area contributed by atoms with Crippen molar-refractivity contribution in [1.29, 1.82) is 0 Å². The molecule has 1 aliphatic rings. The minimum Gasteiger partial charge on any atom is -0.389 e. The Labute approximate surface area is 120 Å². The van der Waals surface area contributed by atoms with Gasteiger partial charge < -0.3 is 11.1 Å². The number of nitrogens with two attached hydrogens (primary N) is 1. The van der Waals surface area contributed by atoms with Crippen molar-refractivity contribution in [3.05, 3.63) is 16.8 Å². The molecule has 0 bridgehead atoms. The van der Waals surface area contributed by atoms with Crippen LogP contribution in [0.25, 0.3) is 0 Å². The predicted molar refractivity (Wildman–Crippen MR) is 82.5 cm³/mol. The topological polar surface area (TPSA) is 63.8 Å². The SMILES string of the molecule is CCc1nnc(NCCC2CC2)c(C(N)=S)c1CC. The van der Waals surface area contributed by atoms with Crippen LogP contribution in [0.2, 0.25) is 0 Å². The molecule has 0 unspecified atom stereocenters. The lowest BCUT2D eigenvalue weighted by Crippen LogP contribution is -2.20. The summed E-state index contributed by atoms with van der Waals surface area (Å²) < 4.78 is 0. The van der Waals surface area contributed by atoms with Crippen LogP contribution in [0.5, 0.6) is 0 Å². The summed E-state index contributed by atoms with van der Waals surface area (Å²) in [6.45, 7) is 5.10. The molecule has 1 fully saturated rings. The van der Waals surface area contributed by atoms with Crippen LogP contribution in [0.3, 0.4) is 0 Å².